The molecule has 160 valence electrons. The number of amides is 1. The van der Waals surface area contributed by atoms with E-state index >= 15 is 0 Å². The highest BCUT2D eigenvalue weighted by atomic mass is 19.4. The molecule has 0 unspecified atom stereocenters. The van der Waals surface area contributed by atoms with Gasteiger partial charge in [0.05, 0.1) is 24.6 Å². The molecule has 0 atom stereocenters. The van der Waals surface area contributed by atoms with Gasteiger partial charge in [-0.05, 0) is 31.7 Å². The topological polar surface area (TPSA) is 72.8 Å². The summed E-state index contributed by atoms with van der Waals surface area (Å²) in [5, 5.41) is 2.91. The molecule has 1 aliphatic carbocycles. The molecule has 2 fully saturated rings. The van der Waals surface area contributed by atoms with Gasteiger partial charge in [0.1, 0.15) is 6.20 Å². The Morgan fingerprint density at radius 3 is 2.38 bits per heavy atom. The van der Waals surface area contributed by atoms with Crippen LogP contribution in [-0.2, 0) is 20.5 Å². The highest BCUT2D eigenvalue weighted by Crippen LogP contribution is 2.29. The molecule has 0 radical (unpaired) electrons. The van der Waals surface area contributed by atoms with Crippen molar-refractivity contribution in [1.29, 1.82) is 0 Å². The molecule has 0 spiro atoms. The number of rotatable bonds is 5. The van der Waals surface area contributed by atoms with Crippen molar-refractivity contribution in [2.75, 3.05) is 24.6 Å². The van der Waals surface area contributed by atoms with Gasteiger partial charge in [0.25, 0.3) is 11.7 Å². The summed E-state index contributed by atoms with van der Waals surface area (Å²) in [6, 6.07) is 2.62. The van der Waals surface area contributed by atoms with Crippen LogP contribution in [0.2, 0.25) is 0 Å². The van der Waals surface area contributed by atoms with Crippen molar-refractivity contribution in [1.82, 2.24) is 5.32 Å². The van der Waals surface area contributed by atoms with Gasteiger partial charge in [-0.2, -0.15) is 13.2 Å². The molecule has 3 rings (SSSR count). The van der Waals surface area contributed by atoms with Crippen LogP contribution in [0.15, 0.2) is 18.3 Å². The first-order chi connectivity index (χ1) is 13.8. The summed E-state index contributed by atoms with van der Waals surface area (Å²) in [6.45, 7) is 0.786. The maximum atomic E-state index is 12.6. The maximum Gasteiger partial charge on any atom is 0.419 e. The third-order valence-electron chi connectivity index (χ3n) is 5.61. The highest BCUT2D eigenvalue weighted by molar-refractivity contribution is 5.81. The van der Waals surface area contributed by atoms with Crippen molar-refractivity contribution in [3.05, 3.63) is 23.9 Å². The Labute approximate surface area is 167 Å². The molecule has 2 aliphatic rings. The van der Waals surface area contributed by atoms with Crippen molar-refractivity contribution < 1.29 is 32.5 Å². The van der Waals surface area contributed by atoms with Gasteiger partial charge in [-0.1, -0.05) is 19.3 Å². The number of H-pyrrole nitrogens is 1. The molecule has 2 N–H and O–H groups in total. The van der Waals surface area contributed by atoms with Gasteiger partial charge < -0.3 is 10.1 Å². The molecule has 1 amide bonds. The first-order valence-electron chi connectivity index (χ1n) is 10.1. The second-order valence-corrected chi connectivity index (χ2v) is 7.73. The summed E-state index contributed by atoms with van der Waals surface area (Å²) in [6.07, 6.45) is 2.98. The van der Waals surface area contributed by atoms with Crippen LogP contribution >= 0.6 is 0 Å². The van der Waals surface area contributed by atoms with Gasteiger partial charge >= 0.3 is 12.1 Å². The monoisotopic (exact) mass is 414 g/mol. The minimum absolute atomic E-state index is 0.179. The van der Waals surface area contributed by atoms with Gasteiger partial charge in [-0.3, -0.25) is 14.5 Å². The fourth-order valence-electron chi connectivity index (χ4n) is 3.92. The quantitative estimate of drug-likeness (QED) is 0.752. The summed E-state index contributed by atoms with van der Waals surface area (Å²) in [5.74, 6) is -0.373. The number of pyridine rings is 1. The minimum atomic E-state index is -4.38. The van der Waals surface area contributed by atoms with Gasteiger partial charge in [0, 0.05) is 12.1 Å². The van der Waals surface area contributed by atoms with Crippen molar-refractivity contribution >= 4 is 17.7 Å². The second-order valence-electron chi connectivity index (χ2n) is 7.73. The molecular weight excluding hydrogens is 387 g/mol. The Morgan fingerprint density at radius 1 is 1.10 bits per heavy atom. The minimum Gasteiger partial charge on any atom is -0.455 e. The molecular formula is C20H27F3N3O3+. The zero-order valence-corrected chi connectivity index (χ0v) is 16.3. The molecule has 29 heavy (non-hydrogen) atoms. The number of ether oxygens (including phenoxy) is 1. The molecule has 9 heteroatoms. The number of anilines is 1. The molecule has 1 aromatic heterocycles. The SMILES string of the molecule is O=C(COC(=O)C1CCN(c2ccc(C(F)(F)F)c[nH+]2)CC1)NC1CCCCC1. The number of nitrogens with one attached hydrogen (secondary N) is 2. The van der Waals surface area contributed by atoms with E-state index in [-0.39, 0.29) is 30.4 Å². The number of hydrogen-bond acceptors (Lipinski definition) is 4. The van der Waals surface area contributed by atoms with E-state index in [1.54, 1.807) is 0 Å². The number of piperidine rings is 1. The number of aromatic amines is 1. The number of carbonyl (C=O) groups is 2. The Morgan fingerprint density at radius 2 is 1.79 bits per heavy atom. The third-order valence-corrected chi connectivity index (χ3v) is 5.61. The molecule has 0 aromatic carbocycles. The number of alkyl halides is 3. The summed E-state index contributed by atoms with van der Waals surface area (Å²) in [4.78, 5) is 28.8. The zero-order chi connectivity index (χ0) is 20.9. The zero-order valence-electron chi connectivity index (χ0n) is 16.3. The molecule has 1 aromatic rings. The molecule has 2 heterocycles. The average Bonchev–Trinajstić information content (AvgIpc) is 2.72. The third kappa shape index (κ3) is 6.08. The normalized spacial score (nSPS) is 19.1. The summed E-state index contributed by atoms with van der Waals surface area (Å²) in [7, 11) is 0. The molecule has 1 saturated carbocycles. The molecule has 0 bridgehead atoms. The number of halogens is 3. The van der Waals surface area contributed by atoms with Gasteiger partial charge in [-0.25, -0.2) is 4.98 Å². The molecule has 1 saturated heterocycles. The van der Waals surface area contributed by atoms with Crippen LogP contribution in [-0.4, -0.2) is 37.6 Å². The number of esters is 1. The van der Waals surface area contributed by atoms with Crippen molar-refractivity contribution in [3.63, 3.8) is 0 Å². The predicted molar refractivity (Wildman–Crippen MR) is 98.9 cm³/mol. The highest BCUT2D eigenvalue weighted by Gasteiger charge is 2.34. The van der Waals surface area contributed by atoms with E-state index in [4.69, 9.17) is 4.74 Å². The first-order valence-corrected chi connectivity index (χ1v) is 10.1. The lowest BCUT2D eigenvalue weighted by Gasteiger charge is -2.26. The fraction of sp³-hybridized carbons (Fsp3) is 0.650. The Balaban J connectivity index is 1.40. The Bertz CT molecular complexity index is 695. The summed E-state index contributed by atoms with van der Waals surface area (Å²) >= 11 is 0. The van der Waals surface area contributed by atoms with E-state index in [2.05, 4.69) is 10.3 Å². The fourth-order valence-corrected chi connectivity index (χ4v) is 3.92. The maximum absolute atomic E-state index is 12.6. The lowest BCUT2D eigenvalue weighted by molar-refractivity contribution is -0.367. The van der Waals surface area contributed by atoms with Crippen LogP contribution in [0.4, 0.5) is 19.0 Å². The van der Waals surface area contributed by atoms with Crippen LogP contribution < -0.4 is 15.2 Å². The van der Waals surface area contributed by atoms with E-state index in [0.717, 1.165) is 37.9 Å². The standard InChI is InChI=1S/C20H26F3N3O3/c21-20(22,23)15-6-7-17(24-12-15)26-10-8-14(9-11-26)19(28)29-13-18(27)25-16-4-2-1-3-5-16/h6-7,12,14,16H,1-5,8-11,13H2,(H,25,27)/p+1. The van der Waals surface area contributed by atoms with E-state index in [0.29, 0.717) is 31.7 Å². The van der Waals surface area contributed by atoms with Crippen LogP contribution in [0.25, 0.3) is 0 Å². The lowest BCUT2D eigenvalue weighted by Crippen LogP contribution is -2.41. The van der Waals surface area contributed by atoms with Gasteiger partial charge in [-0.15, -0.1) is 0 Å². The van der Waals surface area contributed by atoms with E-state index in [9.17, 15) is 22.8 Å². The van der Waals surface area contributed by atoms with Crippen LogP contribution in [0, 0.1) is 5.92 Å². The Hall–Kier alpha value is -2.32. The lowest BCUT2D eigenvalue weighted by atomic mass is 9.95. The van der Waals surface area contributed by atoms with Crippen molar-refractivity contribution in [2.24, 2.45) is 5.92 Å². The van der Waals surface area contributed by atoms with E-state index < -0.39 is 11.7 Å². The summed E-state index contributed by atoms with van der Waals surface area (Å²) < 4.78 is 43.1. The van der Waals surface area contributed by atoms with Crippen LogP contribution in [0.1, 0.15) is 50.5 Å². The largest absolute Gasteiger partial charge is 0.455 e. The molecule has 6 nitrogen and oxygen atoms in total. The number of carbonyl (C=O) groups excluding carboxylic acids is 2. The van der Waals surface area contributed by atoms with Crippen LogP contribution in [0.5, 0.6) is 0 Å². The average molecular weight is 414 g/mol. The first kappa shape index (κ1) is 21.4. The van der Waals surface area contributed by atoms with Gasteiger partial charge in [0.15, 0.2) is 6.61 Å². The van der Waals surface area contributed by atoms with Crippen LogP contribution in [0.3, 0.4) is 0 Å². The number of hydrogen-bond donors (Lipinski definition) is 1. The Kier molecular flexibility index (Phi) is 6.97. The smallest absolute Gasteiger partial charge is 0.419 e. The number of aromatic nitrogens is 1. The summed E-state index contributed by atoms with van der Waals surface area (Å²) in [5.41, 5.74) is -0.730. The van der Waals surface area contributed by atoms with Crippen molar-refractivity contribution in [3.8, 4) is 0 Å². The number of nitrogens with zero attached hydrogens (tertiary/aromatic N) is 1. The molecule has 1 aliphatic heterocycles. The van der Waals surface area contributed by atoms with Crippen molar-refractivity contribution in [2.45, 2.75) is 57.2 Å². The van der Waals surface area contributed by atoms with E-state index in [1.165, 1.54) is 12.5 Å². The van der Waals surface area contributed by atoms with E-state index in [1.807, 2.05) is 4.90 Å². The predicted octanol–water partition coefficient (Wildman–Crippen LogP) is 2.73. The van der Waals surface area contributed by atoms with Gasteiger partial charge in [0.2, 0.25) is 0 Å². The second kappa shape index (κ2) is 9.45.